The van der Waals surface area contributed by atoms with E-state index in [0.29, 0.717) is 38.2 Å². The number of aromatic nitrogens is 1. The second-order valence-corrected chi connectivity index (χ2v) is 22.1. The van der Waals surface area contributed by atoms with E-state index in [9.17, 15) is 14.7 Å². The molecule has 3 heterocycles. The average molecular weight is 852 g/mol. The monoisotopic (exact) mass is 851 g/mol. The van der Waals surface area contributed by atoms with Crippen LogP contribution in [0.15, 0.2) is 175 Å². The first-order valence-electron chi connectivity index (χ1n) is 21.9. The van der Waals surface area contributed by atoms with E-state index in [1.165, 1.54) is 15.3 Å². The fourth-order valence-corrected chi connectivity index (χ4v) is 14.6. The number of hydrogen-bond acceptors (Lipinski definition) is 7. The zero-order chi connectivity index (χ0) is 43.6. The van der Waals surface area contributed by atoms with Gasteiger partial charge in [-0.15, -0.1) is 0 Å². The van der Waals surface area contributed by atoms with Crippen molar-refractivity contribution in [2.75, 3.05) is 23.4 Å². The van der Waals surface area contributed by atoms with Crippen molar-refractivity contribution in [1.82, 2.24) is 4.98 Å². The summed E-state index contributed by atoms with van der Waals surface area (Å²) in [7, 11) is -2.97. The number of phenolic OH excluding ortho intramolecular Hbond substituents is 1. The summed E-state index contributed by atoms with van der Waals surface area (Å²) in [5.74, 6) is -1.48. The standard InChI is InChI=1S/C54H53N3O5Si/c1-54(2,3)63(44-17-9-5-10-18-44,45-19-11-6-12-20-45)62-35-39-34-46-51(53(60)57(52(46)59)42-27-25-41(26-28-42)56-40-15-7-4-8-16-40)47-36-61-49(50(39)47)31-24-38(48-21-13-14-32-55-48)33-37-22-29-43(58)30-23-37/h4-23,25-30,32-33,46-47,49,51,56,58H,24,31,34-36H2,1-3H3/b38-33-/t46-,47+,49-,51-/m1/s1. The van der Waals surface area contributed by atoms with Gasteiger partial charge in [-0.25, -0.2) is 0 Å². The lowest BCUT2D eigenvalue weighted by molar-refractivity contribution is -0.122. The lowest BCUT2D eigenvalue weighted by Crippen LogP contribution is -2.66. The predicted octanol–water partition coefficient (Wildman–Crippen LogP) is 9.95. The summed E-state index contributed by atoms with van der Waals surface area (Å²) in [6.45, 7) is 7.48. The van der Waals surface area contributed by atoms with E-state index in [1.54, 1.807) is 18.3 Å². The summed E-state index contributed by atoms with van der Waals surface area (Å²) in [4.78, 5) is 35.5. The zero-order valence-corrected chi connectivity index (χ0v) is 37.0. The van der Waals surface area contributed by atoms with Crippen molar-refractivity contribution in [3.05, 3.63) is 186 Å². The van der Waals surface area contributed by atoms with Crippen molar-refractivity contribution in [2.45, 2.75) is 51.2 Å². The van der Waals surface area contributed by atoms with Crippen LogP contribution in [0, 0.1) is 17.8 Å². The minimum atomic E-state index is -2.97. The lowest BCUT2D eigenvalue weighted by atomic mass is 9.69. The van der Waals surface area contributed by atoms with Gasteiger partial charge >= 0.3 is 0 Å². The molecule has 2 N–H and O–H groups in total. The minimum Gasteiger partial charge on any atom is -0.508 e. The third kappa shape index (κ3) is 8.32. The van der Waals surface area contributed by atoms with Crippen LogP contribution >= 0.6 is 0 Å². The predicted molar refractivity (Wildman–Crippen MR) is 254 cm³/mol. The number of pyridine rings is 1. The number of rotatable bonds is 13. The number of imide groups is 1. The van der Waals surface area contributed by atoms with Crippen molar-refractivity contribution < 1.29 is 23.9 Å². The highest BCUT2D eigenvalue weighted by Gasteiger charge is 2.58. The molecular weight excluding hydrogens is 799 g/mol. The molecule has 0 unspecified atom stereocenters. The molecule has 5 aromatic carbocycles. The first-order chi connectivity index (χ1) is 30.6. The SMILES string of the molecule is CC(C)(C)[Si](OCC1=C2[C@@H](CC/C(=C/c3ccc(O)cc3)c3ccccn3)OC[C@@H]2[C@@H]2C(=O)N(c3ccc(Nc4ccccc4)cc3)C(=O)[C@@H]2C1)(c1ccccc1)c1ccccc1. The molecule has 318 valence electrons. The van der Waals surface area contributed by atoms with Gasteiger partial charge in [0, 0.05) is 23.5 Å². The second-order valence-electron chi connectivity index (χ2n) is 17.8. The van der Waals surface area contributed by atoms with Crippen LogP contribution in [-0.2, 0) is 18.8 Å². The number of aromatic hydroxyl groups is 1. The van der Waals surface area contributed by atoms with Gasteiger partial charge in [0.15, 0.2) is 0 Å². The largest absolute Gasteiger partial charge is 0.508 e. The highest BCUT2D eigenvalue weighted by Crippen LogP contribution is 2.51. The fourth-order valence-electron chi connectivity index (χ4n) is 10.1. The maximum atomic E-state index is 14.7. The van der Waals surface area contributed by atoms with E-state index in [1.807, 2.05) is 97.1 Å². The number of hydrogen-bond donors (Lipinski definition) is 2. The fraction of sp³-hybridized carbons (Fsp3) is 0.241. The van der Waals surface area contributed by atoms with Crippen LogP contribution in [0.5, 0.6) is 5.75 Å². The molecule has 1 aromatic heterocycles. The summed E-state index contributed by atoms with van der Waals surface area (Å²) < 4.78 is 14.4. The number of allylic oxidation sites excluding steroid dienone is 1. The molecule has 0 saturated carbocycles. The van der Waals surface area contributed by atoms with Crippen molar-refractivity contribution in [3.8, 4) is 5.75 Å². The summed E-state index contributed by atoms with van der Waals surface area (Å²) in [6, 6.07) is 51.7. The Bertz CT molecular complexity index is 2570. The van der Waals surface area contributed by atoms with Gasteiger partial charge in [0.25, 0.3) is 8.32 Å². The molecule has 2 fully saturated rings. The van der Waals surface area contributed by atoms with E-state index in [2.05, 4.69) is 80.7 Å². The third-order valence-electron chi connectivity index (χ3n) is 13.0. The summed E-state index contributed by atoms with van der Waals surface area (Å²) >= 11 is 0. The summed E-state index contributed by atoms with van der Waals surface area (Å²) in [6.07, 6.45) is 5.34. The number of anilines is 3. The lowest BCUT2D eigenvalue weighted by Gasteiger charge is -2.44. The Morgan fingerprint density at radius 3 is 2.02 bits per heavy atom. The van der Waals surface area contributed by atoms with E-state index in [0.717, 1.165) is 39.4 Å². The number of para-hydroxylation sites is 1. The van der Waals surface area contributed by atoms with E-state index in [4.69, 9.17) is 14.1 Å². The smallest absolute Gasteiger partial charge is 0.261 e. The maximum Gasteiger partial charge on any atom is 0.261 e. The molecule has 63 heavy (non-hydrogen) atoms. The molecule has 0 radical (unpaired) electrons. The van der Waals surface area contributed by atoms with Crippen molar-refractivity contribution in [2.24, 2.45) is 17.8 Å². The second kappa shape index (κ2) is 17.8. The average Bonchev–Trinajstić information content (AvgIpc) is 3.84. The molecule has 1 aliphatic carbocycles. The Hall–Kier alpha value is -6.39. The van der Waals surface area contributed by atoms with Crippen LogP contribution in [0.2, 0.25) is 5.04 Å². The van der Waals surface area contributed by atoms with Crippen molar-refractivity contribution >= 4 is 59.2 Å². The van der Waals surface area contributed by atoms with Gasteiger partial charge in [-0.05, 0) is 124 Å². The topological polar surface area (TPSA) is 101 Å². The van der Waals surface area contributed by atoms with Gasteiger partial charge in [-0.3, -0.25) is 19.5 Å². The van der Waals surface area contributed by atoms with Crippen LogP contribution in [-0.4, -0.2) is 49.5 Å². The molecule has 2 aliphatic heterocycles. The third-order valence-corrected chi connectivity index (χ3v) is 18.0. The van der Waals surface area contributed by atoms with Gasteiger partial charge in [0.2, 0.25) is 11.8 Å². The quantitative estimate of drug-likeness (QED) is 0.0678. The van der Waals surface area contributed by atoms with E-state index < -0.39 is 20.2 Å². The number of phenols is 1. The van der Waals surface area contributed by atoms with Crippen LogP contribution < -0.4 is 20.6 Å². The molecule has 0 spiro atoms. The van der Waals surface area contributed by atoms with Gasteiger partial charge < -0.3 is 19.6 Å². The maximum absolute atomic E-state index is 14.7. The van der Waals surface area contributed by atoms with E-state index >= 15 is 0 Å². The number of carbonyl (C=O) groups excluding carboxylic acids is 2. The summed E-state index contributed by atoms with van der Waals surface area (Å²) in [5.41, 5.74) is 7.41. The number of benzene rings is 5. The van der Waals surface area contributed by atoms with Gasteiger partial charge in [-0.1, -0.05) is 118 Å². The molecular formula is C54H53N3O5Si. The highest BCUT2D eigenvalue weighted by atomic mass is 28.4. The normalized spacial score (nSPS) is 20.2. The molecule has 3 aliphatic rings. The Labute approximate surface area is 371 Å². The molecule has 0 bridgehead atoms. The molecule has 2 saturated heterocycles. The molecule has 9 heteroatoms. The first-order valence-corrected chi connectivity index (χ1v) is 23.8. The molecule has 4 atom stereocenters. The number of nitrogens with one attached hydrogen (secondary N) is 1. The number of amides is 2. The molecule has 8 nitrogen and oxygen atoms in total. The van der Waals surface area contributed by atoms with Crippen LogP contribution in [0.3, 0.4) is 0 Å². The van der Waals surface area contributed by atoms with Crippen molar-refractivity contribution in [1.29, 1.82) is 0 Å². The van der Waals surface area contributed by atoms with Crippen LogP contribution in [0.25, 0.3) is 11.6 Å². The van der Waals surface area contributed by atoms with Crippen LogP contribution in [0.4, 0.5) is 17.1 Å². The number of ether oxygens (including phenoxy) is 1. The number of carbonyl (C=O) groups is 2. The molecule has 2 amide bonds. The number of fused-ring (bicyclic) bond motifs is 3. The Balaban J connectivity index is 1.08. The summed E-state index contributed by atoms with van der Waals surface area (Å²) in [5, 5.41) is 15.5. The first kappa shape index (κ1) is 41.9. The van der Waals surface area contributed by atoms with Gasteiger partial charge in [0.1, 0.15) is 5.75 Å². The number of nitrogens with zero attached hydrogens (tertiary/aromatic N) is 2. The van der Waals surface area contributed by atoms with Crippen LogP contribution in [0.1, 0.15) is 51.3 Å². The zero-order valence-electron chi connectivity index (χ0n) is 36.0. The molecule has 6 aromatic rings. The Morgan fingerprint density at radius 1 is 0.778 bits per heavy atom. The van der Waals surface area contributed by atoms with Gasteiger partial charge in [0.05, 0.1) is 42.5 Å². The van der Waals surface area contributed by atoms with E-state index in [-0.39, 0.29) is 34.6 Å². The van der Waals surface area contributed by atoms with Crippen molar-refractivity contribution in [3.63, 3.8) is 0 Å². The Kier molecular flexibility index (Phi) is 11.8. The highest BCUT2D eigenvalue weighted by molar-refractivity contribution is 6.99. The Morgan fingerprint density at radius 2 is 1.40 bits per heavy atom. The van der Waals surface area contributed by atoms with Gasteiger partial charge in [-0.2, -0.15) is 0 Å². The molecule has 9 rings (SSSR count). The minimum absolute atomic E-state index is 0.172.